The van der Waals surface area contributed by atoms with Crippen LogP contribution in [0.4, 0.5) is 5.82 Å². The number of anilines is 1. The molecule has 0 saturated carbocycles. The van der Waals surface area contributed by atoms with E-state index < -0.39 is 50.3 Å². The van der Waals surface area contributed by atoms with Gasteiger partial charge in [-0.15, -0.1) is 0 Å². The number of esters is 2. The number of carbonyl (C=O) groups is 2. The first-order valence-electron chi connectivity index (χ1n) is 11.4. The lowest BCUT2D eigenvalue weighted by atomic mass is 9.98. The van der Waals surface area contributed by atoms with Crippen LogP contribution in [0.15, 0.2) is 12.7 Å². The van der Waals surface area contributed by atoms with Crippen LogP contribution in [0.1, 0.15) is 60.9 Å². The average molecular weight is 530 g/mol. The normalized spacial score (nSPS) is 13.5. The second-order valence-corrected chi connectivity index (χ2v) is 12.1. The van der Waals surface area contributed by atoms with Crippen molar-refractivity contribution in [2.45, 2.75) is 60.9 Å². The molecule has 14 heteroatoms. The van der Waals surface area contributed by atoms with E-state index >= 15 is 0 Å². The molecular formula is C22H36N5O8P. The molecule has 0 bridgehead atoms. The lowest BCUT2D eigenvalue weighted by molar-refractivity contribution is -0.162. The fraction of sp³-hybridized carbons (Fsp3) is 0.682. The number of rotatable bonds is 12. The predicted octanol–water partition coefficient (Wildman–Crippen LogP) is 3.65. The van der Waals surface area contributed by atoms with Crippen molar-refractivity contribution in [3.05, 3.63) is 12.7 Å². The number of aromatic nitrogens is 4. The van der Waals surface area contributed by atoms with Gasteiger partial charge in [-0.3, -0.25) is 23.2 Å². The number of carbonyl (C=O) groups excluding carboxylic acids is 2. The Kier molecular flexibility index (Phi) is 9.95. The number of nitrogens with zero attached hydrogens (tertiary/aromatic N) is 4. The van der Waals surface area contributed by atoms with Crippen molar-refractivity contribution >= 4 is 36.5 Å². The molecule has 1 unspecified atom stereocenters. The summed E-state index contributed by atoms with van der Waals surface area (Å²) in [5.41, 5.74) is 5.31. The smallest absolute Gasteiger partial charge is 0.361 e. The van der Waals surface area contributed by atoms with Crippen LogP contribution >= 0.6 is 7.60 Å². The maximum atomic E-state index is 13.3. The van der Waals surface area contributed by atoms with Gasteiger partial charge in [-0.1, -0.05) is 6.92 Å². The van der Waals surface area contributed by atoms with Crippen LogP contribution in [-0.2, 0) is 37.4 Å². The molecular weight excluding hydrogens is 493 g/mol. The second-order valence-electron chi connectivity index (χ2n) is 10.1. The summed E-state index contributed by atoms with van der Waals surface area (Å²) in [4.78, 5) is 36.4. The Hall–Kier alpha value is -2.60. The van der Waals surface area contributed by atoms with Crippen molar-refractivity contribution in [1.29, 1.82) is 0 Å². The van der Waals surface area contributed by atoms with Crippen LogP contribution in [0.5, 0.6) is 0 Å². The molecule has 0 aromatic carbocycles. The minimum atomic E-state index is -3.98. The molecule has 202 valence electrons. The van der Waals surface area contributed by atoms with E-state index in [9.17, 15) is 14.2 Å². The summed E-state index contributed by atoms with van der Waals surface area (Å²) in [6.07, 6.45) is 3.08. The van der Waals surface area contributed by atoms with Crippen LogP contribution in [0.25, 0.3) is 11.2 Å². The molecule has 13 nitrogen and oxygen atoms in total. The van der Waals surface area contributed by atoms with Crippen LogP contribution in [0, 0.1) is 10.8 Å². The van der Waals surface area contributed by atoms with Crippen molar-refractivity contribution in [2.24, 2.45) is 10.8 Å². The summed E-state index contributed by atoms with van der Waals surface area (Å²) in [6, 6.07) is -0.227. The van der Waals surface area contributed by atoms with E-state index in [1.54, 1.807) is 52.4 Å². The molecule has 0 aliphatic rings. The molecule has 2 heterocycles. The van der Waals surface area contributed by atoms with Gasteiger partial charge in [0, 0.05) is 0 Å². The number of nitrogen functional groups attached to an aromatic ring is 1. The topological polar surface area (TPSA) is 167 Å². The van der Waals surface area contributed by atoms with Crippen LogP contribution in [-0.4, -0.2) is 58.0 Å². The van der Waals surface area contributed by atoms with Crippen molar-refractivity contribution in [3.8, 4) is 0 Å². The Balaban J connectivity index is 2.05. The van der Waals surface area contributed by atoms with Gasteiger partial charge in [0.15, 0.2) is 11.5 Å². The van der Waals surface area contributed by atoms with Crippen molar-refractivity contribution in [2.75, 3.05) is 32.3 Å². The van der Waals surface area contributed by atoms with E-state index in [-0.39, 0.29) is 18.5 Å². The van der Waals surface area contributed by atoms with Gasteiger partial charge >= 0.3 is 19.5 Å². The van der Waals surface area contributed by atoms with E-state index in [1.165, 1.54) is 6.33 Å². The van der Waals surface area contributed by atoms with E-state index in [2.05, 4.69) is 15.0 Å². The summed E-state index contributed by atoms with van der Waals surface area (Å²) in [5.74, 6) is -0.836. The van der Waals surface area contributed by atoms with Crippen LogP contribution in [0.2, 0.25) is 0 Å². The number of fused-ring (bicyclic) bond motifs is 1. The molecule has 0 aliphatic heterocycles. The SMILES string of the molecule is CCC(COCP(=O)(OCOC(=O)C(C)(C)C)OCOC(=O)C(C)(C)C)n1cnc2c(N)ncnc21. The molecule has 0 radical (unpaired) electrons. The molecule has 2 rings (SSSR count). The summed E-state index contributed by atoms with van der Waals surface area (Å²) < 4.78 is 41.4. The zero-order valence-corrected chi connectivity index (χ0v) is 22.7. The highest BCUT2D eigenvalue weighted by Gasteiger charge is 2.31. The monoisotopic (exact) mass is 529 g/mol. The first kappa shape index (κ1) is 29.6. The fourth-order valence-electron chi connectivity index (χ4n) is 2.70. The lowest BCUT2D eigenvalue weighted by Crippen LogP contribution is -2.25. The van der Waals surface area contributed by atoms with E-state index in [1.807, 2.05) is 6.92 Å². The van der Waals surface area contributed by atoms with Crippen molar-refractivity contribution in [1.82, 2.24) is 19.5 Å². The van der Waals surface area contributed by atoms with Gasteiger partial charge < -0.3 is 24.5 Å². The molecule has 1 atom stereocenters. The fourth-order valence-corrected chi connectivity index (χ4v) is 3.68. The molecule has 36 heavy (non-hydrogen) atoms. The van der Waals surface area contributed by atoms with Gasteiger partial charge in [0.2, 0.25) is 13.6 Å². The number of hydrogen-bond donors (Lipinski definition) is 1. The number of hydrogen-bond acceptors (Lipinski definition) is 12. The zero-order valence-electron chi connectivity index (χ0n) is 21.8. The van der Waals surface area contributed by atoms with Gasteiger partial charge in [0.25, 0.3) is 0 Å². The Morgan fingerprint density at radius 2 is 1.56 bits per heavy atom. The molecule has 0 saturated heterocycles. The zero-order chi connectivity index (χ0) is 27.1. The van der Waals surface area contributed by atoms with E-state index in [4.69, 9.17) is 29.0 Å². The van der Waals surface area contributed by atoms with Gasteiger partial charge in [0.05, 0.1) is 29.8 Å². The molecule has 0 spiro atoms. The van der Waals surface area contributed by atoms with Gasteiger partial charge in [-0.05, 0) is 48.0 Å². The van der Waals surface area contributed by atoms with Crippen LogP contribution in [0.3, 0.4) is 0 Å². The Morgan fingerprint density at radius 1 is 1.00 bits per heavy atom. The first-order chi connectivity index (χ1) is 16.7. The quantitative estimate of drug-likeness (QED) is 0.241. The van der Waals surface area contributed by atoms with Gasteiger partial charge in [-0.25, -0.2) is 15.0 Å². The molecule has 0 aliphatic carbocycles. The van der Waals surface area contributed by atoms with E-state index in [0.717, 1.165) is 0 Å². The third-order valence-corrected chi connectivity index (χ3v) is 6.41. The summed E-state index contributed by atoms with van der Waals surface area (Å²) >= 11 is 0. The lowest BCUT2D eigenvalue weighted by Gasteiger charge is -2.23. The van der Waals surface area contributed by atoms with Crippen molar-refractivity contribution < 1.29 is 37.4 Å². The second kappa shape index (κ2) is 12.1. The molecule has 2 aromatic rings. The minimum Gasteiger partial charge on any atom is -0.438 e. The average Bonchev–Trinajstić information content (AvgIpc) is 3.21. The third-order valence-electron chi connectivity index (χ3n) is 4.91. The Morgan fingerprint density at radius 3 is 2.06 bits per heavy atom. The number of ether oxygens (including phenoxy) is 3. The standard InChI is InChI=1S/C22H36N5O8P/c1-8-15(27-11-26-16-17(23)24-10-25-18(16)27)9-31-14-36(30,34-12-32-19(28)21(2,3)4)35-13-33-20(29)22(5,6)7/h10-11,15H,8-9,12-14H2,1-7H3,(H2,23,24,25). The van der Waals surface area contributed by atoms with Gasteiger partial charge in [-0.2, -0.15) is 0 Å². The van der Waals surface area contributed by atoms with Gasteiger partial charge in [0.1, 0.15) is 18.2 Å². The van der Waals surface area contributed by atoms with E-state index in [0.29, 0.717) is 17.6 Å². The first-order valence-corrected chi connectivity index (χ1v) is 13.1. The number of imidazole rings is 1. The summed E-state index contributed by atoms with van der Waals surface area (Å²) in [7, 11) is -3.98. The minimum absolute atomic E-state index is 0.103. The molecule has 0 amide bonds. The predicted molar refractivity (Wildman–Crippen MR) is 130 cm³/mol. The summed E-state index contributed by atoms with van der Waals surface area (Å²) in [5, 5.41) is 0. The highest BCUT2D eigenvalue weighted by atomic mass is 31.2. The molecule has 2 N–H and O–H groups in total. The Labute approximate surface area is 210 Å². The maximum Gasteiger partial charge on any atom is 0.361 e. The van der Waals surface area contributed by atoms with Crippen LogP contribution < -0.4 is 5.73 Å². The third kappa shape index (κ3) is 8.22. The Bertz CT molecular complexity index is 1060. The maximum absolute atomic E-state index is 13.3. The highest BCUT2D eigenvalue weighted by molar-refractivity contribution is 7.53. The number of nitrogens with two attached hydrogens (primary N) is 1. The molecule has 0 fully saturated rings. The largest absolute Gasteiger partial charge is 0.438 e. The van der Waals surface area contributed by atoms with Crippen molar-refractivity contribution in [3.63, 3.8) is 0 Å². The summed E-state index contributed by atoms with van der Waals surface area (Å²) in [6.45, 7) is 10.8. The molecule has 2 aromatic heterocycles. The highest BCUT2D eigenvalue weighted by Crippen LogP contribution is 2.48.